The number of anilines is 3. The largest absolute Gasteiger partial charge is 0.505 e. The lowest BCUT2D eigenvalue weighted by atomic mass is 9.94. The van der Waals surface area contributed by atoms with Crippen LogP contribution in [0.3, 0.4) is 0 Å². The number of benzene rings is 3. The molecule has 19 nitrogen and oxygen atoms in total. The van der Waals surface area contributed by atoms with Gasteiger partial charge in [-0.05, 0) is 207 Å². The third-order valence-electron chi connectivity index (χ3n) is 20.4. The normalized spacial score (nSPS) is 15.2. The smallest absolute Gasteiger partial charge is 0.430 e. The van der Waals surface area contributed by atoms with E-state index < -0.39 is 45.6 Å². The molecule has 124 heavy (non-hydrogen) atoms. The molecule has 0 aliphatic carbocycles. The summed E-state index contributed by atoms with van der Waals surface area (Å²) in [4.78, 5) is 33.5. The van der Waals surface area contributed by atoms with Gasteiger partial charge in [0.25, 0.3) is 5.70 Å². The van der Waals surface area contributed by atoms with E-state index in [9.17, 15) is 33.8 Å². The highest BCUT2D eigenvalue weighted by atomic mass is 32.1. The number of carbonyl (C=O) groups is 1. The topological polar surface area (TPSA) is 238 Å². The molecular weight excluding hydrogens is 1620 g/mol. The van der Waals surface area contributed by atoms with Crippen LogP contribution in [0.2, 0.25) is 0 Å². The first-order valence-electron chi connectivity index (χ1n) is 41.1. The van der Waals surface area contributed by atoms with Gasteiger partial charge in [0.2, 0.25) is 17.0 Å². The molecule has 3 aliphatic rings. The number of carbonyl (C=O) groups excluding carboxylic acids is 1. The van der Waals surface area contributed by atoms with E-state index in [2.05, 4.69) is 131 Å². The van der Waals surface area contributed by atoms with Gasteiger partial charge >= 0.3 is 6.18 Å². The number of nitriles is 6. The summed E-state index contributed by atoms with van der Waals surface area (Å²) in [7, 11) is 5.07. The van der Waals surface area contributed by atoms with Crippen LogP contribution in [-0.4, -0.2) is 89.9 Å². The van der Waals surface area contributed by atoms with Crippen LogP contribution in [0, 0.1) is 87.7 Å². The Kier molecular flexibility index (Phi) is 39.6. The Hall–Kier alpha value is -13.0. The van der Waals surface area contributed by atoms with Crippen molar-refractivity contribution in [3.05, 3.63) is 251 Å². The summed E-state index contributed by atoms with van der Waals surface area (Å²) in [5.41, 5.74) is 2.03. The second kappa shape index (κ2) is 49.2. The molecule has 3 aromatic carbocycles. The minimum atomic E-state index is -4.90. The molecule has 0 amide bonds. The maximum absolute atomic E-state index is 14.1. The van der Waals surface area contributed by atoms with Gasteiger partial charge in [-0.2, -0.15) is 39.5 Å². The third kappa shape index (κ3) is 26.7. The van der Waals surface area contributed by atoms with Gasteiger partial charge in [-0.1, -0.05) is 92.2 Å². The number of allylic oxidation sites excluding steroid dienone is 4. The fraction of sp³-hybridized carbons (Fsp3) is 0.374. The van der Waals surface area contributed by atoms with Gasteiger partial charge in [0.05, 0.1) is 57.6 Å². The highest BCUT2D eigenvalue weighted by Gasteiger charge is 2.60. The van der Waals surface area contributed by atoms with E-state index in [0.717, 1.165) is 148 Å². The Morgan fingerprint density at radius 2 is 0.766 bits per heavy atom. The number of thiophene rings is 3. The number of nitrogens with zero attached hydrogens (tertiary/aromatic N) is 12. The Balaban J connectivity index is 0.000000271. The third-order valence-corrected chi connectivity index (χ3v) is 23.5. The number of rotatable bonds is 35. The summed E-state index contributed by atoms with van der Waals surface area (Å²) in [6.07, 6.45) is 28.4. The van der Waals surface area contributed by atoms with Gasteiger partial charge in [-0.15, -0.1) is 34.0 Å². The minimum Gasteiger partial charge on any atom is -0.505 e. The molecule has 6 aromatic rings. The van der Waals surface area contributed by atoms with Gasteiger partial charge in [0.1, 0.15) is 64.6 Å². The molecule has 0 saturated carbocycles. The van der Waals surface area contributed by atoms with E-state index in [4.69, 9.17) is 63.9 Å². The van der Waals surface area contributed by atoms with Crippen molar-refractivity contribution in [3.8, 4) is 53.7 Å². The van der Waals surface area contributed by atoms with E-state index in [1.165, 1.54) is 110 Å². The number of halogens is 3. The summed E-state index contributed by atoms with van der Waals surface area (Å²) in [5, 5.41) is 54.0. The summed E-state index contributed by atoms with van der Waals surface area (Å²) in [5.74, 6) is 1.98. The van der Waals surface area contributed by atoms with Crippen molar-refractivity contribution in [2.45, 2.75) is 183 Å². The van der Waals surface area contributed by atoms with Gasteiger partial charge in [-0.3, -0.25) is 4.79 Å². The van der Waals surface area contributed by atoms with Crippen LogP contribution in [0.25, 0.3) is 63.1 Å². The molecule has 6 heterocycles. The maximum atomic E-state index is 14.1. The van der Waals surface area contributed by atoms with Gasteiger partial charge in [0, 0.05) is 127 Å². The van der Waals surface area contributed by atoms with Crippen molar-refractivity contribution >= 4 is 106 Å². The number of unbranched alkanes of at least 4 members (excludes halogenated alkanes) is 6. The predicted octanol–water partition coefficient (Wildman–Crippen LogP) is 26.2. The fourth-order valence-corrected chi connectivity index (χ4v) is 15.4. The zero-order valence-electron chi connectivity index (χ0n) is 73.3. The molecule has 0 fully saturated rings. The van der Waals surface area contributed by atoms with Crippen LogP contribution >= 0.6 is 34.0 Å². The lowest BCUT2D eigenvalue weighted by Gasteiger charge is -2.29. The SMILES string of the molecule is CC1=C(C#N)C(=C(C#N)C#N)OC1(C)C.CCCCN(CCCC)c1ccc(/C=C/c2ccc(C=O)s2)c(OC)c1.[C-]#[N+]C1=C(/C=C/c2ccc(/C=C/c3ccc(N(CCCC)CCCC)cc3OC)s2)C(C)(C(F)(F)F)OC1=C(C#N)C#N.[C-]#[N+]C1=C(/C=C/c2ccc(/C=C/c3ccc(N(CCCC)CCCC)cc3OC)s2)C(C)(C)O/C1=C(\C#N)[N+]#[C-]. The molecule has 1 atom stereocenters. The molecule has 3 aliphatic heterocycles. The van der Waals surface area contributed by atoms with Crippen molar-refractivity contribution in [1.82, 2.24) is 0 Å². The summed E-state index contributed by atoms with van der Waals surface area (Å²) < 4.78 is 75.7. The zero-order chi connectivity index (χ0) is 91.2. The number of alkyl halides is 3. The number of hydrogen-bond donors (Lipinski definition) is 0. The van der Waals surface area contributed by atoms with Gasteiger partial charge < -0.3 is 43.1 Å². The lowest BCUT2D eigenvalue weighted by Crippen LogP contribution is -2.43. The molecule has 0 saturated heterocycles. The quantitative estimate of drug-likeness (QED) is 0.0204. The monoisotopic (exact) mass is 1730 g/mol. The first kappa shape index (κ1) is 99.8. The van der Waals surface area contributed by atoms with Crippen molar-refractivity contribution in [2.24, 2.45) is 0 Å². The van der Waals surface area contributed by atoms with E-state index in [0.29, 0.717) is 10.5 Å². The van der Waals surface area contributed by atoms with Crippen LogP contribution in [0.1, 0.15) is 211 Å². The summed E-state index contributed by atoms with van der Waals surface area (Å²) >= 11 is 4.46. The first-order chi connectivity index (χ1) is 59.6. The first-order valence-corrected chi connectivity index (χ1v) is 43.6. The average Bonchev–Trinajstić information content (AvgIpc) is 1.59. The van der Waals surface area contributed by atoms with Crippen LogP contribution in [-0.2, 0) is 14.2 Å². The van der Waals surface area contributed by atoms with Crippen LogP contribution in [0.4, 0.5) is 30.2 Å². The Bertz CT molecular complexity index is 5440. The number of aldehydes is 1. The molecule has 644 valence electrons. The zero-order valence-corrected chi connectivity index (χ0v) is 75.8. The Labute approximate surface area is 742 Å². The fourth-order valence-electron chi connectivity index (χ4n) is 13.0. The standard InChI is InChI=1S/C33H33F3N4O2S.C33H36N4O2S.C22H29NO2S.C11H9N3O/c1-6-8-18-40(19-9-7-2)25-12-10-23(29(20-25)41-5)11-13-26-14-15-27(43-26)16-17-28-30(39-4)31(24(21-37)22-38)42-32(28,3)33(34,35)36;1-8-10-20-37(21-11-9-2)25-14-12-24(30(22-25)38-7)13-15-26-16-17-27(40-26)18-19-28-31(36-6)32(29(23-34)35-5)39-33(28,3)4;1-4-6-14-23(15-7-5-2)19-10-8-18(22(16-19)25-3)9-11-20-12-13-21(17-24)26-20;1-7-9(6-14)10(8(4-12)5-13)15-11(7,2)3/h10-17,20H,6-9,18-19H2,1-3,5H3;12-19,22H,8-11,20-21H2,1-4,7H3;8-13,16-17H,4-7,14-15H2,1-3H3;1-3H3/b13-11+,17-16+;15-13+,19-18+,32-29+;11-9+;. The van der Waals surface area contributed by atoms with Crippen molar-refractivity contribution in [2.75, 3.05) is 75.3 Å². The van der Waals surface area contributed by atoms with Crippen LogP contribution in [0.15, 0.2) is 171 Å². The minimum absolute atomic E-state index is 0.0609. The molecule has 1 unspecified atom stereocenters. The highest BCUT2D eigenvalue weighted by molar-refractivity contribution is 7.14. The van der Waals surface area contributed by atoms with E-state index in [1.807, 2.05) is 98.8 Å². The summed E-state index contributed by atoms with van der Waals surface area (Å²) in [6.45, 7) is 51.6. The average molecular weight is 1730 g/mol. The Morgan fingerprint density at radius 1 is 0.444 bits per heavy atom. The molecule has 25 heteroatoms. The number of hydrogen-bond acceptors (Lipinski definition) is 19. The van der Waals surface area contributed by atoms with E-state index in [-0.39, 0.29) is 34.1 Å². The molecule has 0 bridgehead atoms. The number of methoxy groups -OCH3 is 3. The van der Waals surface area contributed by atoms with Crippen LogP contribution in [0.5, 0.6) is 17.2 Å². The number of ether oxygens (including phenoxy) is 6. The second-order valence-corrected chi connectivity index (χ2v) is 33.3. The van der Waals surface area contributed by atoms with Crippen molar-refractivity contribution in [1.29, 1.82) is 31.6 Å². The predicted molar refractivity (Wildman–Crippen MR) is 495 cm³/mol. The van der Waals surface area contributed by atoms with Gasteiger partial charge in [-0.25, -0.2) is 19.8 Å². The molecular formula is C99H107F3N12O7S3. The lowest BCUT2D eigenvalue weighted by molar-refractivity contribution is -0.236. The van der Waals surface area contributed by atoms with Crippen molar-refractivity contribution in [3.63, 3.8) is 0 Å². The maximum Gasteiger partial charge on any atom is 0.430 e. The van der Waals surface area contributed by atoms with E-state index >= 15 is 0 Å². The van der Waals surface area contributed by atoms with Gasteiger partial charge in [0.15, 0.2) is 29.0 Å². The molecule has 9 rings (SSSR count). The summed E-state index contributed by atoms with van der Waals surface area (Å²) in [6, 6.07) is 40.8. The molecule has 0 spiro atoms. The van der Waals surface area contributed by atoms with E-state index in [1.54, 1.807) is 71.6 Å². The highest BCUT2D eigenvalue weighted by Crippen LogP contribution is 2.51. The molecule has 0 N–H and O–H groups in total. The van der Waals surface area contributed by atoms with Crippen molar-refractivity contribution < 1.29 is 46.4 Å². The second-order valence-electron chi connectivity index (χ2n) is 29.8. The van der Waals surface area contributed by atoms with Crippen LogP contribution < -0.4 is 28.9 Å². The molecule has 0 radical (unpaired) electrons. The molecule has 3 aromatic heterocycles. The Morgan fingerprint density at radius 3 is 1.06 bits per heavy atom.